The van der Waals surface area contributed by atoms with E-state index in [9.17, 15) is 4.79 Å². The lowest BCUT2D eigenvalue weighted by atomic mass is 10.1. The molecule has 0 saturated heterocycles. The minimum absolute atomic E-state index is 0.320. The van der Waals surface area contributed by atoms with Crippen LogP contribution in [0.2, 0.25) is 0 Å². The number of carbonyl (C=O) groups excluding carboxylic acids is 1. The third-order valence-corrected chi connectivity index (χ3v) is 1.86. The van der Waals surface area contributed by atoms with Gasteiger partial charge < -0.3 is 4.42 Å². The van der Waals surface area contributed by atoms with Gasteiger partial charge in [0.1, 0.15) is 17.2 Å². The summed E-state index contributed by atoms with van der Waals surface area (Å²) in [7, 11) is 0. The monoisotopic (exact) mass is 179 g/mol. The molecular weight excluding hydrogens is 166 g/mol. The average Bonchev–Trinajstić information content (AvgIpc) is 2.48. The number of aliphatic imine (C=N–C) groups is 1. The molecule has 0 aliphatic rings. The summed E-state index contributed by atoms with van der Waals surface area (Å²) < 4.78 is 5.51. The number of nitrogens with zero attached hydrogens (tertiary/aromatic N) is 1. The molecule has 0 unspecified atom stereocenters. The molecule has 1 heterocycles. The van der Waals surface area contributed by atoms with E-state index in [0.717, 1.165) is 17.9 Å². The highest BCUT2D eigenvalue weighted by atomic mass is 16.3. The van der Waals surface area contributed by atoms with E-state index in [1.165, 1.54) is 6.08 Å². The van der Waals surface area contributed by atoms with Crippen LogP contribution in [0, 0.1) is 0 Å². The van der Waals surface area contributed by atoms with Crippen molar-refractivity contribution in [3.63, 3.8) is 0 Å². The summed E-state index contributed by atoms with van der Waals surface area (Å²) in [6.07, 6.45) is 2.27. The summed E-state index contributed by atoms with van der Waals surface area (Å²) in [4.78, 5) is 13.7. The average molecular weight is 179 g/mol. The molecule has 0 N–H and O–H groups in total. The van der Waals surface area contributed by atoms with Crippen molar-refractivity contribution in [1.82, 2.24) is 0 Å². The zero-order valence-corrected chi connectivity index (χ0v) is 8.13. The molecule has 1 rings (SSSR count). The number of rotatable bonds is 3. The van der Waals surface area contributed by atoms with Crippen LogP contribution in [0.5, 0.6) is 0 Å². The fourth-order valence-electron chi connectivity index (χ4n) is 1.12. The zero-order chi connectivity index (χ0) is 9.84. The number of isocyanates is 1. The maximum atomic E-state index is 10.1. The molecule has 3 nitrogen and oxygen atoms in total. The smallest absolute Gasteiger partial charge is 0.240 e. The Morgan fingerprint density at radius 1 is 1.62 bits per heavy atom. The molecule has 0 spiro atoms. The van der Waals surface area contributed by atoms with Gasteiger partial charge in [0.05, 0.1) is 0 Å². The standard InChI is InChI=1S/C10H13NO2/c1-4-9-8(11-6-12)5-10(13-9)7(2)3/h5,7H,4H2,1-3H3. The first-order valence-electron chi connectivity index (χ1n) is 4.39. The summed E-state index contributed by atoms with van der Waals surface area (Å²) in [5, 5.41) is 0. The third-order valence-electron chi connectivity index (χ3n) is 1.86. The van der Waals surface area contributed by atoms with E-state index < -0.39 is 0 Å². The van der Waals surface area contributed by atoms with Gasteiger partial charge in [0.2, 0.25) is 6.08 Å². The Balaban J connectivity index is 3.11. The second kappa shape index (κ2) is 4.06. The van der Waals surface area contributed by atoms with E-state index >= 15 is 0 Å². The van der Waals surface area contributed by atoms with Crippen LogP contribution in [-0.2, 0) is 11.2 Å². The first-order valence-corrected chi connectivity index (χ1v) is 4.39. The van der Waals surface area contributed by atoms with Crippen molar-refractivity contribution in [1.29, 1.82) is 0 Å². The molecular formula is C10H13NO2. The lowest BCUT2D eigenvalue weighted by Crippen LogP contribution is -1.80. The second-order valence-electron chi connectivity index (χ2n) is 3.17. The van der Waals surface area contributed by atoms with Gasteiger partial charge in [0.25, 0.3) is 0 Å². The van der Waals surface area contributed by atoms with Gasteiger partial charge in [-0.15, -0.1) is 0 Å². The van der Waals surface area contributed by atoms with Crippen LogP contribution >= 0.6 is 0 Å². The van der Waals surface area contributed by atoms with Gasteiger partial charge in [-0.3, -0.25) is 0 Å². The van der Waals surface area contributed by atoms with Crippen LogP contribution in [0.25, 0.3) is 0 Å². The largest absolute Gasteiger partial charge is 0.463 e. The highest BCUT2D eigenvalue weighted by molar-refractivity contribution is 5.52. The molecule has 0 bridgehead atoms. The molecule has 0 aromatic carbocycles. The highest BCUT2D eigenvalue weighted by Gasteiger charge is 2.11. The van der Waals surface area contributed by atoms with Gasteiger partial charge in [-0.2, -0.15) is 4.99 Å². The number of aryl methyl sites for hydroxylation is 1. The third kappa shape index (κ3) is 2.07. The maximum Gasteiger partial charge on any atom is 0.240 e. The van der Waals surface area contributed by atoms with Crippen LogP contribution in [0.4, 0.5) is 5.69 Å². The molecule has 0 atom stereocenters. The molecule has 13 heavy (non-hydrogen) atoms. The summed E-state index contributed by atoms with van der Waals surface area (Å²) >= 11 is 0. The fraction of sp³-hybridized carbons (Fsp3) is 0.500. The van der Waals surface area contributed by atoms with Crippen molar-refractivity contribution in [2.24, 2.45) is 4.99 Å². The Labute approximate surface area is 77.5 Å². The van der Waals surface area contributed by atoms with E-state index in [0.29, 0.717) is 11.6 Å². The minimum Gasteiger partial charge on any atom is -0.463 e. The zero-order valence-electron chi connectivity index (χ0n) is 8.13. The molecule has 0 aliphatic carbocycles. The predicted molar refractivity (Wildman–Crippen MR) is 50.0 cm³/mol. The van der Waals surface area contributed by atoms with Gasteiger partial charge in [0.15, 0.2) is 0 Å². The Hall–Kier alpha value is -1.34. The molecule has 3 heteroatoms. The summed E-state index contributed by atoms with van der Waals surface area (Å²) in [6.45, 7) is 6.03. The first-order chi connectivity index (χ1) is 6.19. The van der Waals surface area contributed by atoms with E-state index in [-0.39, 0.29) is 0 Å². The van der Waals surface area contributed by atoms with Crippen molar-refractivity contribution < 1.29 is 9.21 Å². The molecule has 0 radical (unpaired) electrons. The molecule has 1 aromatic rings. The quantitative estimate of drug-likeness (QED) is 0.528. The van der Waals surface area contributed by atoms with Crippen molar-refractivity contribution in [2.75, 3.05) is 0 Å². The molecule has 0 amide bonds. The summed E-state index contributed by atoms with van der Waals surface area (Å²) in [5.74, 6) is 1.94. The predicted octanol–water partition coefficient (Wildman–Crippen LogP) is 2.93. The van der Waals surface area contributed by atoms with Crippen LogP contribution in [0.15, 0.2) is 15.5 Å². The van der Waals surface area contributed by atoms with Gasteiger partial charge in [-0.1, -0.05) is 20.8 Å². The van der Waals surface area contributed by atoms with Crippen molar-refractivity contribution >= 4 is 11.8 Å². The molecule has 0 saturated carbocycles. The van der Waals surface area contributed by atoms with Crippen LogP contribution in [0.3, 0.4) is 0 Å². The van der Waals surface area contributed by atoms with E-state index in [2.05, 4.69) is 4.99 Å². The first kappa shape index (κ1) is 9.75. The number of hydrogen-bond acceptors (Lipinski definition) is 3. The van der Waals surface area contributed by atoms with Crippen molar-refractivity contribution in [2.45, 2.75) is 33.1 Å². The lowest BCUT2D eigenvalue weighted by Gasteiger charge is -1.96. The number of furan rings is 1. The maximum absolute atomic E-state index is 10.1. The summed E-state index contributed by atoms with van der Waals surface area (Å²) in [6, 6.07) is 1.80. The van der Waals surface area contributed by atoms with E-state index in [1.807, 2.05) is 20.8 Å². The van der Waals surface area contributed by atoms with Crippen LogP contribution in [-0.4, -0.2) is 6.08 Å². The SMILES string of the molecule is CCc1oc(C(C)C)cc1N=C=O. The van der Waals surface area contributed by atoms with Crippen molar-refractivity contribution in [3.8, 4) is 0 Å². The highest BCUT2D eigenvalue weighted by Crippen LogP contribution is 2.28. The molecule has 0 fully saturated rings. The number of hydrogen-bond donors (Lipinski definition) is 0. The minimum atomic E-state index is 0.320. The van der Waals surface area contributed by atoms with Gasteiger partial charge in [-0.05, 0) is 0 Å². The molecule has 0 aliphatic heterocycles. The van der Waals surface area contributed by atoms with Crippen molar-refractivity contribution in [3.05, 3.63) is 17.6 Å². The topological polar surface area (TPSA) is 42.6 Å². The van der Waals surface area contributed by atoms with Gasteiger partial charge >= 0.3 is 0 Å². The fourth-order valence-corrected chi connectivity index (χ4v) is 1.12. The van der Waals surface area contributed by atoms with Gasteiger partial charge in [-0.25, -0.2) is 4.79 Å². The Morgan fingerprint density at radius 3 is 2.77 bits per heavy atom. The summed E-state index contributed by atoms with van der Waals surface area (Å²) in [5.41, 5.74) is 0.612. The van der Waals surface area contributed by atoms with E-state index in [4.69, 9.17) is 4.42 Å². The van der Waals surface area contributed by atoms with Crippen LogP contribution in [0.1, 0.15) is 38.2 Å². The Morgan fingerprint density at radius 2 is 2.31 bits per heavy atom. The van der Waals surface area contributed by atoms with Gasteiger partial charge in [0, 0.05) is 18.4 Å². The Bertz CT molecular complexity index is 333. The second-order valence-corrected chi connectivity index (χ2v) is 3.17. The Kier molecular flexibility index (Phi) is 3.04. The molecule has 70 valence electrons. The van der Waals surface area contributed by atoms with Crippen LogP contribution < -0.4 is 0 Å². The van der Waals surface area contributed by atoms with E-state index in [1.54, 1.807) is 6.07 Å². The normalized spacial score (nSPS) is 10.2. The molecule has 1 aromatic heterocycles. The lowest BCUT2D eigenvalue weighted by molar-refractivity contribution is 0.452.